The van der Waals surface area contributed by atoms with Gasteiger partial charge in [-0.15, -0.1) is 0 Å². The van der Waals surface area contributed by atoms with Gasteiger partial charge in [0.2, 0.25) is 0 Å². The molecule has 13 heteroatoms. The zero-order valence-corrected chi connectivity index (χ0v) is 16.2. The van der Waals surface area contributed by atoms with E-state index in [-0.39, 0.29) is 12.1 Å². The largest absolute Gasteiger partial charge is 0.387 e. The van der Waals surface area contributed by atoms with E-state index in [2.05, 4.69) is 20.4 Å². The lowest BCUT2D eigenvalue weighted by Crippen LogP contribution is -2.63. The Morgan fingerprint density at radius 1 is 1.28 bits per heavy atom. The molecule has 2 aromatic heterocycles. The van der Waals surface area contributed by atoms with Gasteiger partial charge in [-0.05, 0) is 25.2 Å². The Morgan fingerprint density at radius 2 is 2.03 bits per heavy atom. The highest BCUT2D eigenvalue weighted by Gasteiger charge is 2.57. The summed E-state index contributed by atoms with van der Waals surface area (Å²) in [5.41, 5.74) is 1.04. The van der Waals surface area contributed by atoms with Crippen molar-refractivity contribution in [3.05, 3.63) is 18.2 Å². The van der Waals surface area contributed by atoms with Crippen molar-refractivity contribution >= 4 is 19.1 Å². The van der Waals surface area contributed by atoms with Crippen LogP contribution in [0.25, 0.3) is 5.65 Å². The van der Waals surface area contributed by atoms with E-state index < -0.39 is 38.4 Å². The predicted molar refractivity (Wildman–Crippen MR) is 97.0 cm³/mol. The number of nitrogens with zero attached hydrogens (tertiary/aromatic N) is 4. The van der Waals surface area contributed by atoms with Crippen LogP contribution in [0.5, 0.6) is 0 Å². The molecule has 0 amide bonds. The fraction of sp³-hybridized carbons (Fsp3) is 0.688. The van der Waals surface area contributed by atoms with Gasteiger partial charge < -0.3 is 34.8 Å². The molecular weight excluding hydrogens is 405 g/mol. The molecule has 4 atom stereocenters. The molecule has 2 bridgehead atoms. The molecule has 1 saturated heterocycles. The van der Waals surface area contributed by atoms with E-state index >= 15 is 0 Å². The SMILES string of the molecule is O=P(O)(O)COC[C@H]1O[C@@H](c2cnc3c(NC45CC(C4)C5)ncnn23)[C@H](O)[C@@H]1O. The second-order valence-electron chi connectivity index (χ2n) is 8.15. The van der Waals surface area contributed by atoms with E-state index in [0.717, 1.165) is 25.2 Å². The number of imidazole rings is 1. The monoisotopic (exact) mass is 427 g/mol. The van der Waals surface area contributed by atoms with Crippen molar-refractivity contribution in [1.82, 2.24) is 19.6 Å². The Hall–Kier alpha value is -1.66. The Labute approximate surface area is 165 Å². The van der Waals surface area contributed by atoms with Crippen LogP contribution in [-0.2, 0) is 14.0 Å². The Bertz CT molecular complexity index is 963. The minimum absolute atomic E-state index is 0.104. The van der Waals surface area contributed by atoms with Gasteiger partial charge in [0.15, 0.2) is 11.5 Å². The lowest BCUT2D eigenvalue weighted by Gasteiger charge is -2.62. The summed E-state index contributed by atoms with van der Waals surface area (Å²) in [7, 11) is -4.33. The summed E-state index contributed by atoms with van der Waals surface area (Å²) < 4.78 is 23.1. The molecule has 158 valence electrons. The molecule has 3 aliphatic carbocycles. The van der Waals surface area contributed by atoms with E-state index in [1.165, 1.54) is 17.0 Å². The van der Waals surface area contributed by atoms with Gasteiger partial charge in [-0.1, -0.05) is 0 Å². The highest BCUT2D eigenvalue weighted by atomic mass is 31.2. The van der Waals surface area contributed by atoms with Gasteiger partial charge >= 0.3 is 7.60 Å². The van der Waals surface area contributed by atoms with Crippen LogP contribution in [0.3, 0.4) is 0 Å². The van der Waals surface area contributed by atoms with E-state index in [1.807, 2.05) is 0 Å². The minimum atomic E-state index is -4.33. The first-order valence-electron chi connectivity index (χ1n) is 9.35. The average molecular weight is 427 g/mol. The number of hydrogen-bond donors (Lipinski definition) is 5. The van der Waals surface area contributed by atoms with Crippen molar-refractivity contribution in [2.24, 2.45) is 5.92 Å². The number of aliphatic hydroxyl groups excluding tert-OH is 2. The van der Waals surface area contributed by atoms with E-state index in [4.69, 9.17) is 19.3 Å². The molecule has 0 radical (unpaired) electrons. The maximum Gasteiger partial charge on any atom is 0.350 e. The smallest absolute Gasteiger partial charge is 0.350 e. The fourth-order valence-electron chi connectivity index (χ4n) is 4.42. The molecule has 5 N–H and O–H groups in total. The third-order valence-corrected chi connectivity index (χ3v) is 6.47. The number of nitrogens with one attached hydrogen (secondary N) is 1. The van der Waals surface area contributed by atoms with Gasteiger partial charge in [-0.2, -0.15) is 5.10 Å². The first-order chi connectivity index (χ1) is 13.7. The lowest BCUT2D eigenvalue weighted by molar-refractivity contribution is -0.0402. The molecule has 6 rings (SSSR count). The molecule has 29 heavy (non-hydrogen) atoms. The van der Waals surface area contributed by atoms with Crippen molar-refractivity contribution in [3.8, 4) is 0 Å². The average Bonchev–Trinajstić information content (AvgIpc) is 3.13. The fourth-order valence-corrected chi connectivity index (χ4v) is 4.76. The first kappa shape index (κ1) is 19.3. The molecular formula is C16H22N5O7P. The molecule has 12 nitrogen and oxygen atoms in total. The standard InChI is InChI=1S/C16H22N5O7P/c22-11-10(5-27-7-29(24,25)26)28-13(12(11)23)9-4-17-15-14(18-6-19-21(9)15)20-16-1-8(2-16)3-16/h4,6,8,10-13,22-23H,1-3,5,7H2,(H,18,19,20)(H2,24,25,26)/t8?,10-,11-,12-,13+,16?/m1/s1. The van der Waals surface area contributed by atoms with Crippen molar-refractivity contribution in [2.45, 2.75) is 49.2 Å². The highest BCUT2D eigenvalue weighted by molar-refractivity contribution is 7.51. The lowest BCUT2D eigenvalue weighted by atomic mass is 9.50. The van der Waals surface area contributed by atoms with E-state index in [1.54, 1.807) is 0 Å². The van der Waals surface area contributed by atoms with E-state index in [0.29, 0.717) is 17.2 Å². The van der Waals surface area contributed by atoms with Gasteiger partial charge in [-0.3, -0.25) is 4.57 Å². The molecule has 0 aromatic carbocycles. The molecule has 4 fully saturated rings. The highest BCUT2D eigenvalue weighted by Crippen LogP contribution is 2.58. The second-order valence-corrected chi connectivity index (χ2v) is 9.74. The summed E-state index contributed by atoms with van der Waals surface area (Å²) in [4.78, 5) is 26.4. The Balaban J connectivity index is 1.34. The second kappa shape index (κ2) is 6.67. The molecule has 3 saturated carbocycles. The number of hydrogen-bond acceptors (Lipinski definition) is 9. The molecule has 0 unspecified atom stereocenters. The van der Waals surface area contributed by atoms with Crippen LogP contribution in [-0.4, -0.2) is 76.4 Å². The van der Waals surface area contributed by atoms with Crippen molar-refractivity contribution in [2.75, 3.05) is 18.3 Å². The summed E-state index contributed by atoms with van der Waals surface area (Å²) in [6, 6.07) is 0. The Morgan fingerprint density at radius 3 is 2.69 bits per heavy atom. The number of anilines is 1. The predicted octanol–water partition coefficient (Wildman–Crippen LogP) is -0.598. The van der Waals surface area contributed by atoms with Crippen LogP contribution in [0.1, 0.15) is 31.1 Å². The van der Waals surface area contributed by atoms with Crippen LogP contribution in [0, 0.1) is 5.92 Å². The molecule has 2 aromatic rings. The number of aromatic nitrogens is 4. The maximum atomic E-state index is 10.9. The number of ether oxygens (including phenoxy) is 2. The summed E-state index contributed by atoms with van der Waals surface area (Å²) in [5.74, 6) is 1.42. The van der Waals surface area contributed by atoms with Gasteiger partial charge in [0.1, 0.15) is 37.1 Å². The normalized spacial score (nSPS) is 36.1. The van der Waals surface area contributed by atoms with Crippen molar-refractivity contribution in [3.63, 3.8) is 0 Å². The zero-order chi connectivity index (χ0) is 20.4. The third kappa shape index (κ3) is 3.34. The van der Waals surface area contributed by atoms with Crippen molar-refractivity contribution < 1.29 is 34.0 Å². The van der Waals surface area contributed by atoms with Crippen LogP contribution in [0.4, 0.5) is 5.82 Å². The molecule has 4 aliphatic rings. The topological polar surface area (TPSA) is 172 Å². The number of fused-ring (bicyclic) bond motifs is 1. The maximum absolute atomic E-state index is 10.9. The quantitative estimate of drug-likeness (QED) is 0.357. The number of aliphatic hydroxyl groups is 2. The van der Waals surface area contributed by atoms with Crippen LogP contribution >= 0.6 is 7.60 Å². The molecule has 1 aliphatic heterocycles. The van der Waals surface area contributed by atoms with Gasteiger partial charge in [-0.25, -0.2) is 14.5 Å². The zero-order valence-electron chi connectivity index (χ0n) is 15.3. The van der Waals surface area contributed by atoms with Gasteiger partial charge in [0, 0.05) is 5.54 Å². The van der Waals surface area contributed by atoms with Crippen LogP contribution in [0.15, 0.2) is 12.5 Å². The molecule has 3 heterocycles. The van der Waals surface area contributed by atoms with Gasteiger partial charge in [0.25, 0.3) is 0 Å². The third-order valence-electron chi connectivity index (χ3n) is 5.95. The van der Waals surface area contributed by atoms with Crippen LogP contribution < -0.4 is 5.32 Å². The first-order valence-corrected chi connectivity index (χ1v) is 11.2. The summed E-state index contributed by atoms with van der Waals surface area (Å²) in [6.07, 6.45) is 1.05. The van der Waals surface area contributed by atoms with Gasteiger partial charge in [0.05, 0.1) is 18.5 Å². The summed E-state index contributed by atoms with van der Waals surface area (Å²) in [6.45, 7) is -0.276. The molecule has 0 spiro atoms. The summed E-state index contributed by atoms with van der Waals surface area (Å²) >= 11 is 0. The minimum Gasteiger partial charge on any atom is -0.387 e. The van der Waals surface area contributed by atoms with Crippen LogP contribution in [0.2, 0.25) is 0 Å². The summed E-state index contributed by atoms with van der Waals surface area (Å²) in [5, 5.41) is 28.4. The van der Waals surface area contributed by atoms with E-state index in [9.17, 15) is 14.8 Å². The van der Waals surface area contributed by atoms with Crippen molar-refractivity contribution in [1.29, 1.82) is 0 Å². The Kier molecular flexibility index (Phi) is 4.44. The number of rotatable bonds is 7.